The quantitative estimate of drug-likeness (QED) is 0.659. The van der Waals surface area contributed by atoms with Crippen molar-refractivity contribution in [2.45, 2.75) is 0 Å². The predicted molar refractivity (Wildman–Crippen MR) is 84.4 cm³/mol. The minimum atomic E-state index is 0.521. The third-order valence-electron chi connectivity index (χ3n) is 3.08. The van der Waals surface area contributed by atoms with Crippen molar-refractivity contribution in [1.82, 2.24) is 9.78 Å². The molecule has 1 heterocycles. The molecule has 0 unspecified atom stereocenters. The van der Waals surface area contributed by atoms with Crippen LogP contribution in [0, 0.1) is 0 Å². The molecule has 0 bridgehead atoms. The van der Waals surface area contributed by atoms with Crippen molar-refractivity contribution in [1.29, 1.82) is 0 Å². The van der Waals surface area contributed by atoms with Gasteiger partial charge in [0.1, 0.15) is 5.69 Å². The molecule has 0 saturated heterocycles. The van der Waals surface area contributed by atoms with Gasteiger partial charge in [-0.3, -0.25) is 4.79 Å². The molecule has 0 aliphatic carbocycles. The Bertz CT molecular complexity index is 777. The lowest BCUT2D eigenvalue weighted by atomic mass is 10.1. The van der Waals surface area contributed by atoms with Crippen LogP contribution in [0.3, 0.4) is 0 Å². The second-order valence-electron chi connectivity index (χ2n) is 4.48. The molecule has 0 N–H and O–H groups in total. The maximum atomic E-state index is 11.3. The highest BCUT2D eigenvalue weighted by molar-refractivity contribution is 6.30. The van der Waals surface area contributed by atoms with Crippen molar-refractivity contribution in [2.24, 2.45) is 0 Å². The second kappa shape index (κ2) is 5.72. The van der Waals surface area contributed by atoms with Crippen molar-refractivity contribution in [2.75, 3.05) is 0 Å². The van der Waals surface area contributed by atoms with E-state index in [1.165, 1.54) is 0 Å². The Morgan fingerprint density at radius 1 is 0.905 bits per heavy atom. The molecule has 0 radical (unpaired) electrons. The number of carbonyl (C=O) groups is 1. The summed E-state index contributed by atoms with van der Waals surface area (Å²) in [6, 6.07) is 14.5. The summed E-state index contributed by atoms with van der Waals surface area (Å²) in [6.45, 7) is 0. The monoisotopic (exact) mass is 316 g/mol. The number of nitrogens with zero attached hydrogens (tertiary/aromatic N) is 2. The zero-order valence-corrected chi connectivity index (χ0v) is 12.3. The van der Waals surface area contributed by atoms with E-state index in [9.17, 15) is 4.79 Å². The van der Waals surface area contributed by atoms with Crippen LogP contribution >= 0.6 is 23.2 Å². The van der Waals surface area contributed by atoms with E-state index >= 15 is 0 Å². The molecule has 0 saturated carbocycles. The van der Waals surface area contributed by atoms with Crippen molar-refractivity contribution in [3.63, 3.8) is 0 Å². The minimum Gasteiger partial charge on any atom is -0.298 e. The zero-order chi connectivity index (χ0) is 14.8. The van der Waals surface area contributed by atoms with Gasteiger partial charge in [0.05, 0.1) is 11.3 Å². The summed E-state index contributed by atoms with van der Waals surface area (Å²) in [5, 5.41) is 5.77. The number of aromatic nitrogens is 2. The Labute approximate surface area is 131 Å². The minimum absolute atomic E-state index is 0.521. The summed E-state index contributed by atoms with van der Waals surface area (Å²) in [5.41, 5.74) is 2.82. The Morgan fingerprint density at radius 3 is 2.05 bits per heavy atom. The van der Waals surface area contributed by atoms with Gasteiger partial charge in [-0.1, -0.05) is 35.3 Å². The first-order valence-electron chi connectivity index (χ1n) is 6.24. The summed E-state index contributed by atoms with van der Waals surface area (Å²) < 4.78 is 1.66. The van der Waals surface area contributed by atoms with Gasteiger partial charge in [-0.2, -0.15) is 5.10 Å². The third-order valence-corrected chi connectivity index (χ3v) is 3.58. The largest absolute Gasteiger partial charge is 0.298 e. The Hall–Kier alpha value is -2.10. The van der Waals surface area contributed by atoms with Crippen LogP contribution in [0.25, 0.3) is 16.9 Å². The lowest BCUT2D eigenvalue weighted by molar-refractivity contribution is 0.112. The lowest BCUT2D eigenvalue weighted by Gasteiger charge is -2.01. The maximum Gasteiger partial charge on any atom is 0.153 e. The highest BCUT2D eigenvalue weighted by atomic mass is 35.5. The van der Waals surface area contributed by atoms with Gasteiger partial charge in [0.15, 0.2) is 6.29 Å². The third kappa shape index (κ3) is 2.84. The summed E-state index contributed by atoms with van der Waals surface area (Å²) in [4.78, 5) is 11.3. The molecular weight excluding hydrogens is 307 g/mol. The summed E-state index contributed by atoms with van der Waals surface area (Å²) in [7, 11) is 0. The molecule has 2 aromatic carbocycles. The van der Waals surface area contributed by atoms with Gasteiger partial charge in [-0.15, -0.1) is 0 Å². The average molecular weight is 317 g/mol. The summed E-state index contributed by atoms with van der Waals surface area (Å²) >= 11 is 11.8. The number of aldehydes is 1. The standard InChI is InChI=1S/C16H10Cl2N2O/c17-13-3-1-11(2-4-13)16-12(10-21)9-20(19-16)15-7-5-14(18)6-8-15/h1-10H. The normalized spacial score (nSPS) is 10.6. The molecule has 5 heteroatoms. The number of carbonyl (C=O) groups excluding carboxylic acids is 1. The van der Waals surface area contributed by atoms with Crippen molar-refractivity contribution >= 4 is 29.5 Å². The van der Waals surface area contributed by atoms with Crippen LogP contribution in [0.2, 0.25) is 10.0 Å². The van der Waals surface area contributed by atoms with Crippen LogP contribution in [-0.2, 0) is 0 Å². The van der Waals surface area contributed by atoms with Gasteiger partial charge in [0.25, 0.3) is 0 Å². The van der Waals surface area contributed by atoms with Crippen LogP contribution < -0.4 is 0 Å². The maximum absolute atomic E-state index is 11.3. The SMILES string of the molecule is O=Cc1cn(-c2ccc(Cl)cc2)nc1-c1ccc(Cl)cc1. The lowest BCUT2D eigenvalue weighted by Crippen LogP contribution is -1.94. The molecule has 3 aromatic rings. The van der Waals surface area contributed by atoms with E-state index in [0.717, 1.165) is 17.5 Å². The number of hydrogen-bond donors (Lipinski definition) is 0. The van der Waals surface area contributed by atoms with Gasteiger partial charge < -0.3 is 0 Å². The van der Waals surface area contributed by atoms with Crippen molar-refractivity contribution in [3.8, 4) is 16.9 Å². The molecule has 0 aliphatic rings. The van der Waals surface area contributed by atoms with Crippen LogP contribution in [0.1, 0.15) is 10.4 Å². The summed E-state index contributed by atoms with van der Waals surface area (Å²) in [5.74, 6) is 0. The fraction of sp³-hybridized carbons (Fsp3) is 0. The molecule has 0 spiro atoms. The number of hydrogen-bond acceptors (Lipinski definition) is 2. The van der Waals surface area contributed by atoms with E-state index in [-0.39, 0.29) is 0 Å². The van der Waals surface area contributed by atoms with Gasteiger partial charge in [-0.25, -0.2) is 4.68 Å². The number of rotatable bonds is 3. The topological polar surface area (TPSA) is 34.9 Å². The fourth-order valence-electron chi connectivity index (χ4n) is 2.03. The van der Waals surface area contributed by atoms with Crippen LogP contribution in [-0.4, -0.2) is 16.1 Å². The molecule has 0 fully saturated rings. The molecule has 21 heavy (non-hydrogen) atoms. The molecule has 0 aliphatic heterocycles. The molecule has 0 amide bonds. The van der Waals surface area contributed by atoms with Gasteiger partial charge >= 0.3 is 0 Å². The van der Waals surface area contributed by atoms with Crippen LogP contribution in [0.4, 0.5) is 0 Å². The molecule has 0 atom stereocenters. The van der Waals surface area contributed by atoms with E-state index in [4.69, 9.17) is 23.2 Å². The van der Waals surface area contributed by atoms with Gasteiger partial charge in [-0.05, 0) is 36.4 Å². The molecule has 104 valence electrons. The fourth-order valence-corrected chi connectivity index (χ4v) is 2.28. The Kier molecular flexibility index (Phi) is 3.78. The van der Waals surface area contributed by atoms with E-state index in [1.54, 1.807) is 35.1 Å². The van der Waals surface area contributed by atoms with Gasteiger partial charge in [0.2, 0.25) is 0 Å². The first-order chi connectivity index (χ1) is 10.2. The second-order valence-corrected chi connectivity index (χ2v) is 5.35. The highest BCUT2D eigenvalue weighted by Gasteiger charge is 2.11. The number of benzene rings is 2. The van der Waals surface area contributed by atoms with Crippen molar-refractivity contribution in [3.05, 3.63) is 70.3 Å². The first kappa shape index (κ1) is 13.9. The predicted octanol–water partition coefficient (Wildman–Crippen LogP) is 4.66. The van der Waals surface area contributed by atoms with E-state index in [0.29, 0.717) is 21.3 Å². The summed E-state index contributed by atoms with van der Waals surface area (Å²) in [6.07, 6.45) is 2.49. The van der Waals surface area contributed by atoms with Crippen LogP contribution in [0.15, 0.2) is 54.7 Å². The van der Waals surface area contributed by atoms with E-state index in [2.05, 4.69) is 5.10 Å². The van der Waals surface area contributed by atoms with Crippen molar-refractivity contribution < 1.29 is 4.79 Å². The average Bonchev–Trinajstić information content (AvgIpc) is 2.93. The van der Waals surface area contributed by atoms with Gasteiger partial charge in [0, 0.05) is 21.8 Å². The molecule has 3 nitrogen and oxygen atoms in total. The zero-order valence-electron chi connectivity index (χ0n) is 10.8. The highest BCUT2D eigenvalue weighted by Crippen LogP contribution is 2.24. The smallest absolute Gasteiger partial charge is 0.153 e. The molecular formula is C16H10Cl2N2O. The van der Waals surface area contributed by atoms with Crippen LogP contribution in [0.5, 0.6) is 0 Å². The number of halogens is 2. The molecule has 3 rings (SSSR count). The van der Waals surface area contributed by atoms with E-state index < -0.39 is 0 Å². The Balaban J connectivity index is 2.08. The first-order valence-corrected chi connectivity index (χ1v) is 7.00. The molecule has 1 aromatic heterocycles. The van der Waals surface area contributed by atoms with E-state index in [1.807, 2.05) is 24.3 Å². The Morgan fingerprint density at radius 2 is 1.48 bits per heavy atom.